The number of rotatable bonds is 6. The van der Waals surface area contributed by atoms with Crippen molar-refractivity contribution in [3.05, 3.63) is 47.0 Å². The minimum Gasteiger partial charge on any atom is -0.497 e. The number of carbonyl (C=O) groups is 1. The second-order valence-electron chi connectivity index (χ2n) is 5.64. The highest BCUT2D eigenvalue weighted by Crippen LogP contribution is 2.29. The number of benzene rings is 2. The van der Waals surface area contributed by atoms with Crippen LogP contribution >= 0.6 is 0 Å². The van der Waals surface area contributed by atoms with Crippen LogP contribution in [-0.4, -0.2) is 27.0 Å². The standard InChI is InChI=1S/C19H24N2O4/c1-12-6-7-13(2)18(14(12)3)25-11-20-19(22)21-16-9-8-15(23-4)10-17(16)24-5/h6-10H,11H2,1-5H3,(H2,20,21,22). The number of hydrogen-bond acceptors (Lipinski definition) is 4. The molecule has 134 valence electrons. The molecule has 0 spiro atoms. The summed E-state index contributed by atoms with van der Waals surface area (Å²) in [6, 6.07) is 8.83. The highest BCUT2D eigenvalue weighted by atomic mass is 16.5. The topological polar surface area (TPSA) is 68.8 Å². The third-order valence-electron chi connectivity index (χ3n) is 3.98. The van der Waals surface area contributed by atoms with Crippen molar-refractivity contribution in [3.63, 3.8) is 0 Å². The molecule has 0 aliphatic rings. The number of hydrogen-bond donors (Lipinski definition) is 2. The molecule has 0 saturated heterocycles. The maximum atomic E-state index is 12.1. The molecule has 0 unspecified atom stereocenters. The Labute approximate surface area is 148 Å². The number of aryl methyl sites for hydroxylation is 2. The van der Waals surface area contributed by atoms with Gasteiger partial charge in [-0.3, -0.25) is 0 Å². The number of ether oxygens (including phenoxy) is 3. The van der Waals surface area contributed by atoms with E-state index >= 15 is 0 Å². The van der Waals surface area contributed by atoms with Crippen LogP contribution in [0.25, 0.3) is 0 Å². The van der Waals surface area contributed by atoms with E-state index in [1.54, 1.807) is 25.3 Å². The number of anilines is 1. The van der Waals surface area contributed by atoms with Crippen LogP contribution in [0.1, 0.15) is 16.7 Å². The first-order chi connectivity index (χ1) is 12.0. The van der Waals surface area contributed by atoms with Crippen molar-refractivity contribution in [1.82, 2.24) is 5.32 Å². The Bertz CT molecular complexity index is 759. The van der Waals surface area contributed by atoms with Crippen molar-refractivity contribution in [2.75, 3.05) is 26.3 Å². The molecule has 0 atom stereocenters. The van der Waals surface area contributed by atoms with Crippen molar-refractivity contribution in [3.8, 4) is 17.2 Å². The summed E-state index contributed by atoms with van der Waals surface area (Å²) in [6.07, 6.45) is 0. The molecule has 0 saturated carbocycles. The van der Waals surface area contributed by atoms with Crippen LogP contribution in [0.4, 0.5) is 10.5 Å². The number of carbonyl (C=O) groups excluding carboxylic acids is 1. The SMILES string of the molecule is COc1ccc(NC(=O)NCOc2c(C)ccc(C)c2C)c(OC)c1. The molecule has 0 bridgehead atoms. The van der Waals surface area contributed by atoms with Gasteiger partial charge in [0.05, 0.1) is 19.9 Å². The van der Waals surface area contributed by atoms with E-state index in [4.69, 9.17) is 14.2 Å². The molecule has 25 heavy (non-hydrogen) atoms. The molecule has 2 aromatic carbocycles. The molecule has 2 rings (SSSR count). The van der Waals surface area contributed by atoms with E-state index in [1.165, 1.54) is 7.11 Å². The van der Waals surface area contributed by atoms with Crippen molar-refractivity contribution in [2.24, 2.45) is 0 Å². The van der Waals surface area contributed by atoms with E-state index in [9.17, 15) is 4.79 Å². The average molecular weight is 344 g/mol. The molecular weight excluding hydrogens is 320 g/mol. The molecule has 0 radical (unpaired) electrons. The van der Waals surface area contributed by atoms with Crippen LogP contribution < -0.4 is 24.8 Å². The number of urea groups is 1. The fraction of sp³-hybridized carbons (Fsp3) is 0.316. The van der Waals surface area contributed by atoms with Crippen LogP contribution in [0, 0.1) is 20.8 Å². The lowest BCUT2D eigenvalue weighted by molar-refractivity contribution is 0.234. The van der Waals surface area contributed by atoms with Gasteiger partial charge in [0.1, 0.15) is 17.2 Å². The second kappa shape index (κ2) is 8.28. The van der Waals surface area contributed by atoms with E-state index in [0.717, 1.165) is 22.4 Å². The molecule has 0 aliphatic carbocycles. The van der Waals surface area contributed by atoms with Gasteiger partial charge in [0.2, 0.25) is 0 Å². The van der Waals surface area contributed by atoms with Crippen LogP contribution in [0.15, 0.2) is 30.3 Å². The van der Waals surface area contributed by atoms with Gasteiger partial charge < -0.3 is 24.8 Å². The Balaban J connectivity index is 1.95. The highest BCUT2D eigenvalue weighted by Gasteiger charge is 2.10. The summed E-state index contributed by atoms with van der Waals surface area (Å²) in [7, 11) is 3.10. The summed E-state index contributed by atoms with van der Waals surface area (Å²) in [5, 5.41) is 5.40. The van der Waals surface area contributed by atoms with Crippen molar-refractivity contribution >= 4 is 11.7 Å². The Hall–Kier alpha value is -2.89. The maximum Gasteiger partial charge on any atom is 0.321 e. The molecule has 0 heterocycles. The van der Waals surface area contributed by atoms with Crippen LogP contribution in [0.2, 0.25) is 0 Å². The van der Waals surface area contributed by atoms with Gasteiger partial charge in [0.15, 0.2) is 6.73 Å². The Morgan fingerprint density at radius 1 is 1.00 bits per heavy atom. The minimum absolute atomic E-state index is 0.0649. The molecule has 0 fully saturated rings. The first-order valence-electron chi connectivity index (χ1n) is 7.92. The number of nitrogens with one attached hydrogen (secondary N) is 2. The largest absolute Gasteiger partial charge is 0.497 e. The predicted molar refractivity (Wildman–Crippen MR) is 97.8 cm³/mol. The quantitative estimate of drug-likeness (QED) is 0.783. The highest BCUT2D eigenvalue weighted by molar-refractivity contribution is 5.91. The van der Waals surface area contributed by atoms with E-state index in [-0.39, 0.29) is 12.8 Å². The third-order valence-corrected chi connectivity index (χ3v) is 3.98. The first-order valence-corrected chi connectivity index (χ1v) is 7.92. The Morgan fingerprint density at radius 3 is 2.40 bits per heavy atom. The van der Waals surface area contributed by atoms with Crippen molar-refractivity contribution < 1.29 is 19.0 Å². The fourth-order valence-corrected chi connectivity index (χ4v) is 2.39. The number of amides is 2. The molecular formula is C19H24N2O4. The predicted octanol–water partition coefficient (Wildman–Crippen LogP) is 3.79. The van der Waals surface area contributed by atoms with Crippen LogP contribution in [-0.2, 0) is 0 Å². The van der Waals surface area contributed by atoms with E-state index in [0.29, 0.717) is 17.2 Å². The second-order valence-corrected chi connectivity index (χ2v) is 5.64. The molecule has 6 nitrogen and oxygen atoms in total. The zero-order chi connectivity index (χ0) is 18.4. The summed E-state index contributed by atoms with van der Waals surface area (Å²) in [6.45, 7) is 6.07. The monoisotopic (exact) mass is 344 g/mol. The zero-order valence-corrected chi connectivity index (χ0v) is 15.2. The lowest BCUT2D eigenvalue weighted by Gasteiger charge is -2.15. The van der Waals surface area contributed by atoms with E-state index in [1.807, 2.05) is 32.9 Å². The number of methoxy groups -OCH3 is 2. The lowest BCUT2D eigenvalue weighted by atomic mass is 10.1. The normalized spacial score (nSPS) is 10.1. The van der Waals surface area contributed by atoms with Crippen molar-refractivity contribution in [2.45, 2.75) is 20.8 Å². The lowest BCUT2D eigenvalue weighted by Crippen LogP contribution is -2.32. The van der Waals surface area contributed by atoms with Gasteiger partial charge in [-0.25, -0.2) is 4.79 Å². The van der Waals surface area contributed by atoms with Gasteiger partial charge in [-0.1, -0.05) is 12.1 Å². The Kier molecular flexibility index (Phi) is 6.11. The zero-order valence-electron chi connectivity index (χ0n) is 15.2. The fourth-order valence-electron chi connectivity index (χ4n) is 2.39. The first kappa shape index (κ1) is 18.4. The Morgan fingerprint density at radius 2 is 1.72 bits per heavy atom. The van der Waals surface area contributed by atoms with Gasteiger partial charge in [-0.15, -0.1) is 0 Å². The summed E-state index contributed by atoms with van der Waals surface area (Å²) in [5.41, 5.74) is 3.79. The van der Waals surface area contributed by atoms with E-state index < -0.39 is 0 Å². The molecule has 2 aromatic rings. The summed E-state index contributed by atoms with van der Waals surface area (Å²) in [4.78, 5) is 12.1. The van der Waals surface area contributed by atoms with Gasteiger partial charge in [-0.2, -0.15) is 0 Å². The minimum atomic E-state index is -0.383. The molecule has 0 aliphatic heterocycles. The van der Waals surface area contributed by atoms with Gasteiger partial charge >= 0.3 is 6.03 Å². The van der Waals surface area contributed by atoms with Gasteiger partial charge in [0.25, 0.3) is 0 Å². The summed E-state index contributed by atoms with van der Waals surface area (Å²) < 4.78 is 16.1. The van der Waals surface area contributed by atoms with E-state index in [2.05, 4.69) is 10.6 Å². The maximum absolute atomic E-state index is 12.1. The summed E-state index contributed by atoms with van der Waals surface area (Å²) >= 11 is 0. The van der Waals surface area contributed by atoms with Crippen LogP contribution in [0.3, 0.4) is 0 Å². The average Bonchev–Trinajstić information content (AvgIpc) is 2.61. The molecule has 2 amide bonds. The molecule has 6 heteroatoms. The van der Waals surface area contributed by atoms with Crippen molar-refractivity contribution in [1.29, 1.82) is 0 Å². The smallest absolute Gasteiger partial charge is 0.321 e. The summed E-state index contributed by atoms with van der Waals surface area (Å²) in [5.74, 6) is 1.96. The third kappa shape index (κ3) is 4.56. The molecule has 2 N–H and O–H groups in total. The molecule has 0 aromatic heterocycles. The van der Waals surface area contributed by atoms with Crippen LogP contribution in [0.5, 0.6) is 17.2 Å². The van der Waals surface area contributed by atoms with Gasteiger partial charge in [-0.05, 0) is 49.6 Å². The van der Waals surface area contributed by atoms with Gasteiger partial charge in [0, 0.05) is 6.07 Å².